The van der Waals surface area contributed by atoms with Gasteiger partial charge in [0.15, 0.2) is 11.5 Å². The highest BCUT2D eigenvalue weighted by Gasteiger charge is 2.29. The Morgan fingerprint density at radius 1 is 1.32 bits per heavy atom. The summed E-state index contributed by atoms with van der Waals surface area (Å²) in [5, 5.41) is 16.6. The molecule has 118 valence electrons. The molecule has 1 saturated carbocycles. The third-order valence-corrected chi connectivity index (χ3v) is 4.46. The van der Waals surface area contributed by atoms with E-state index in [-0.39, 0.29) is 12.1 Å². The van der Waals surface area contributed by atoms with E-state index < -0.39 is 0 Å². The van der Waals surface area contributed by atoms with E-state index in [9.17, 15) is 0 Å². The second kappa shape index (κ2) is 5.48. The molecule has 2 aromatic heterocycles. The zero-order valence-corrected chi connectivity index (χ0v) is 13.1. The van der Waals surface area contributed by atoms with Crippen LogP contribution in [0.5, 0.6) is 0 Å². The van der Waals surface area contributed by atoms with E-state index in [0.29, 0.717) is 5.92 Å². The van der Waals surface area contributed by atoms with Crippen molar-refractivity contribution in [2.24, 2.45) is 0 Å². The average Bonchev–Trinajstić information content (AvgIpc) is 3.27. The van der Waals surface area contributed by atoms with Crippen molar-refractivity contribution in [1.29, 1.82) is 0 Å². The van der Waals surface area contributed by atoms with Crippen molar-refractivity contribution in [3.63, 3.8) is 0 Å². The molecule has 0 spiro atoms. The zero-order chi connectivity index (χ0) is 15.1. The molecule has 1 N–H and O–H groups in total. The van der Waals surface area contributed by atoms with E-state index in [0.717, 1.165) is 37.0 Å². The summed E-state index contributed by atoms with van der Waals surface area (Å²) >= 11 is 0. The Bertz CT molecular complexity index is 667. The molecular formula is C15H22N6O. The van der Waals surface area contributed by atoms with Gasteiger partial charge < -0.3 is 15.0 Å². The number of aromatic nitrogens is 4. The molecule has 0 amide bonds. The average molecular weight is 302 g/mol. The molecule has 0 radical (unpaired) electrons. The fourth-order valence-corrected chi connectivity index (χ4v) is 2.92. The number of fused-ring (bicyclic) bond motifs is 1. The Hall–Kier alpha value is -1.73. The van der Waals surface area contributed by atoms with Gasteiger partial charge in [-0.2, -0.15) is 4.52 Å². The number of nitrogens with one attached hydrogen (secondary N) is 1. The van der Waals surface area contributed by atoms with Crippen molar-refractivity contribution in [3.8, 4) is 0 Å². The van der Waals surface area contributed by atoms with Crippen LogP contribution in [0.2, 0.25) is 0 Å². The van der Waals surface area contributed by atoms with Gasteiger partial charge in [0.25, 0.3) is 0 Å². The number of anilines is 1. The fourth-order valence-electron chi connectivity index (χ4n) is 2.92. The Labute approximate surface area is 129 Å². The number of nitrogens with zero attached hydrogens (tertiary/aromatic N) is 5. The molecule has 2 aliphatic rings. The molecule has 3 heterocycles. The van der Waals surface area contributed by atoms with Gasteiger partial charge in [-0.25, -0.2) is 0 Å². The minimum absolute atomic E-state index is 0.181. The minimum Gasteiger partial charge on any atom is -0.373 e. The van der Waals surface area contributed by atoms with Gasteiger partial charge in [0.05, 0.1) is 18.8 Å². The lowest BCUT2D eigenvalue weighted by atomic mass is 10.1. The van der Waals surface area contributed by atoms with Crippen molar-refractivity contribution in [2.45, 2.75) is 37.8 Å². The summed E-state index contributed by atoms with van der Waals surface area (Å²) in [6, 6.07) is 4.13. The van der Waals surface area contributed by atoms with E-state index in [1.807, 2.05) is 16.6 Å². The van der Waals surface area contributed by atoms with Gasteiger partial charge in [0, 0.05) is 19.0 Å². The molecule has 4 rings (SSSR count). The highest BCUT2D eigenvalue weighted by molar-refractivity contribution is 5.45. The summed E-state index contributed by atoms with van der Waals surface area (Å²) < 4.78 is 7.74. The van der Waals surface area contributed by atoms with Crippen LogP contribution >= 0.6 is 0 Å². The van der Waals surface area contributed by atoms with Crippen molar-refractivity contribution < 1.29 is 4.74 Å². The van der Waals surface area contributed by atoms with E-state index >= 15 is 0 Å². The van der Waals surface area contributed by atoms with E-state index in [1.54, 1.807) is 0 Å². The molecule has 22 heavy (non-hydrogen) atoms. The first-order valence-electron chi connectivity index (χ1n) is 8.00. The van der Waals surface area contributed by atoms with Crippen LogP contribution in [0.25, 0.3) is 5.65 Å². The van der Waals surface area contributed by atoms with Crippen molar-refractivity contribution >= 4 is 11.5 Å². The number of rotatable bonds is 4. The number of morpholine rings is 1. The molecule has 2 fully saturated rings. The van der Waals surface area contributed by atoms with Crippen LogP contribution in [0, 0.1) is 0 Å². The number of ether oxygens (including phenoxy) is 1. The lowest BCUT2D eigenvalue weighted by Crippen LogP contribution is -2.47. The summed E-state index contributed by atoms with van der Waals surface area (Å²) in [5.74, 6) is 2.36. The molecule has 1 aliphatic carbocycles. The number of likely N-dealkylation sites (N-methyl/N-ethyl adjacent to an activating group) is 1. The minimum atomic E-state index is 0.181. The van der Waals surface area contributed by atoms with Gasteiger partial charge >= 0.3 is 0 Å². The van der Waals surface area contributed by atoms with Gasteiger partial charge in [-0.1, -0.05) is 0 Å². The first kappa shape index (κ1) is 13.9. The summed E-state index contributed by atoms with van der Waals surface area (Å²) in [5.41, 5.74) is 0.814. The lowest BCUT2D eigenvalue weighted by molar-refractivity contribution is -0.0260. The summed E-state index contributed by atoms with van der Waals surface area (Å²) in [6.07, 6.45) is 2.57. The molecule has 2 unspecified atom stereocenters. The molecule has 2 atom stereocenters. The topological polar surface area (TPSA) is 67.6 Å². The molecule has 2 aromatic rings. The van der Waals surface area contributed by atoms with Gasteiger partial charge in [0.2, 0.25) is 0 Å². The highest BCUT2D eigenvalue weighted by atomic mass is 16.5. The lowest BCUT2D eigenvalue weighted by Gasteiger charge is -2.34. The van der Waals surface area contributed by atoms with Crippen LogP contribution in [0.1, 0.15) is 31.5 Å². The molecule has 0 aromatic carbocycles. The quantitative estimate of drug-likeness (QED) is 0.913. The van der Waals surface area contributed by atoms with Crippen LogP contribution in [0.4, 0.5) is 5.82 Å². The van der Waals surface area contributed by atoms with Gasteiger partial charge in [0.1, 0.15) is 5.82 Å². The second-order valence-corrected chi connectivity index (χ2v) is 6.43. The van der Waals surface area contributed by atoms with Crippen LogP contribution in [-0.2, 0) is 4.74 Å². The maximum absolute atomic E-state index is 5.86. The SMILES string of the molecule is CC(Nc1ccc2nnc(C3CC3)n2n1)C1CN(C)CCO1. The zero-order valence-electron chi connectivity index (χ0n) is 13.1. The molecule has 1 saturated heterocycles. The van der Waals surface area contributed by atoms with Crippen LogP contribution in [0.3, 0.4) is 0 Å². The van der Waals surface area contributed by atoms with Gasteiger partial charge in [-0.05, 0) is 38.9 Å². The van der Waals surface area contributed by atoms with Gasteiger partial charge in [-0.15, -0.1) is 15.3 Å². The summed E-state index contributed by atoms with van der Waals surface area (Å²) in [7, 11) is 2.13. The summed E-state index contributed by atoms with van der Waals surface area (Å²) in [6.45, 7) is 4.87. The monoisotopic (exact) mass is 302 g/mol. The van der Waals surface area contributed by atoms with Crippen molar-refractivity contribution in [3.05, 3.63) is 18.0 Å². The maximum Gasteiger partial charge on any atom is 0.178 e. The highest BCUT2D eigenvalue weighted by Crippen LogP contribution is 2.38. The normalized spacial score (nSPS) is 24.5. The number of hydrogen-bond donors (Lipinski definition) is 1. The van der Waals surface area contributed by atoms with Gasteiger partial charge in [-0.3, -0.25) is 0 Å². The van der Waals surface area contributed by atoms with Crippen LogP contribution in [-0.4, -0.2) is 63.6 Å². The molecule has 7 heteroatoms. The predicted octanol–water partition coefficient (Wildman–Crippen LogP) is 1.13. The first-order chi connectivity index (χ1) is 10.7. The third-order valence-electron chi connectivity index (χ3n) is 4.46. The molecular weight excluding hydrogens is 280 g/mol. The Morgan fingerprint density at radius 3 is 2.95 bits per heavy atom. The third kappa shape index (κ3) is 2.66. The first-order valence-corrected chi connectivity index (χ1v) is 8.00. The maximum atomic E-state index is 5.86. The van der Waals surface area contributed by atoms with Crippen LogP contribution in [0.15, 0.2) is 12.1 Å². The van der Waals surface area contributed by atoms with Crippen molar-refractivity contribution in [2.75, 3.05) is 32.1 Å². The summed E-state index contributed by atoms with van der Waals surface area (Å²) in [4.78, 5) is 2.30. The van der Waals surface area contributed by atoms with Crippen molar-refractivity contribution in [1.82, 2.24) is 24.7 Å². The standard InChI is InChI=1S/C15H22N6O/c1-10(12-9-20(2)7-8-22-12)16-13-5-6-14-17-18-15(11-3-4-11)21(14)19-13/h5-6,10-12H,3-4,7-9H2,1-2H3,(H,16,19). The second-order valence-electron chi connectivity index (χ2n) is 6.43. The largest absolute Gasteiger partial charge is 0.373 e. The number of hydrogen-bond acceptors (Lipinski definition) is 6. The van der Waals surface area contributed by atoms with E-state index in [2.05, 4.69) is 39.5 Å². The Morgan fingerprint density at radius 2 is 2.18 bits per heavy atom. The van der Waals surface area contributed by atoms with E-state index in [4.69, 9.17) is 4.74 Å². The Kier molecular flexibility index (Phi) is 3.46. The molecule has 7 nitrogen and oxygen atoms in total. The fraction of sp³-hybridized carbons (Fsp3) is 0.667. The predicted molar refractivity (Wildman–Crippen MR) is 83.1 cm³/mol. The smallest absolute Gasteiger partial charge is 0.178 e. The Balaban J connectivity index is 1.52. The molecule has 0 bridgehead atoms. The van der Waals surface area contributed by atoms with Crippen LogP contribution < -0.4 is 5.32 Å². The molecule has 1 aliphatic heterocycles. The van der Waals surface area contributed by atoms with E-state index in [1.165, 1.54) is 12.8 Å².